The average Bonchev–Trinajstić information content (AvgIpc) is 3.22. The van der Waals surface area contributed by atoms with Crippen molar-refractivity contribution in [3.63, 3.8) is 0 Å². The summed E-state index contributed by atoms with van der Waals surface area (Å²) in [7, 11) is 0. The van der Waals surface area contributed by atoms with Crippen LogP contribution in [0.15, 0.2) is 127 Å². The molecular formula is C40H27N3. The van der Waals surface area contributed by atoms with Crippen LogP contribution in [0.2, 0.25) is 0 Å². The van der Waals surface area contributed by atoms with Crippen LogP contribution in [0.25, 0.3) is 78.3 Å². The predicted molar refractivity (Wildman–Crippen MR) is 176 cm³/mol. The number of hydrogen-bond acceptors (Lipinski definition) is 3. The van der Waals surface area contributed by atoms with Crippen molar-refractivity contribution in [2.75, 3.05) is 0 Å². The summed E-state index contributed by atoms with van der Waals surface area (Å²) in [5, 5.41) is 2.56. The molecule has 0 radical (unpaired) electrons. The van der Waals surface area contributed by atoms with E-state index in [-0.39, 0.29) is 5.41 Å². The molecule has 0 atom stereocenters. The highest BCUT2D eigenvalue weighted by molar-refractivity contribution is 6.16. The molecule has 0 N–H and O–H groups in total. The van der Waals surface area contributed by atoms with Crippen LogP contribution in [0.4, 0.5) is 0 Å². The summed E-state index contributed by atoms with van der Waals surface area (Å²) in [5.74, 6) is 2.03. The van der Waals surface area contributed by atoms with Gasteiger partial charge in [-0.3, -0.25) is 0 Å². The zero-order valence-electron chi connectivity index (χ0n) is 24.0. The maximum atomic E-state index is 5.11. The second kappa shape index (κ2) is 8.80. The Hall–Kier alpha value is -5.41. The highest BCUT2D eigenvalue weighted by Gasteiger charge is 2.40. The van der Waals surface area contributed by atoms with Crippen LogP contribution in [0.3, 0.4) is 0 Å². The van der Waals surface area contributed by atoms with Gasteiger partial charge in [-0.05, 0) is 67.4 Å². The maximum absolute atomic E-state index is 5.11. The quantitative estimate of drug-likeness (QED) is 0.220. The van der Waals surface area contributed by atoms with Crippen LogP contribution in [-0.2, 0) is 5.41 Å². The van der Waals surface area contributed by atoms with Gasteiger partial charge in [-0.25, -0.2) is 15.0 Å². The highest BCUT2D eigenvalue weighted by Crippen LogP contribution is 2.59. The van der Waals surface area contributed by atoms with Gasteiger partial charge in [0.15, 0.2) is 17.5 Å². The van der Waals surface area contributed by atoms with Crippen LogP contribution in [0, 0.1) is 0 Å². The molecule has 0 aliphatic heterocycles. The van der Waals surface area contributed by atoms with Crippen LogP contribution < -0.4 is 0 Å². The van der Waals surface area contributed by atoms with Gasteiger partial charge in [0.1, 0.15) is 0 Å². The van der Waals surface area contributed by atoms with Gasteiger partial charge in [0.05, 0.1) is 0 Å². The number of nitrogens with zero attached hydrogens (tertiary/aromatic N) is 3. The molecule has 7 aromatic rings. The van der Waals surface area contributed by atoms with E-state index in [9.17, 15) is 0 Å². The van der Waals surface area contributed by atoms with E-state index in [1.807, 2.05) is 36.4 Å². The predicted octanol–water partition coefficient (Wildman–Crippen LogP) is 9.98. The molecule has 0 spiro atoms. The second-order valence-corrected chi connectivity index (χ2v) is 12.0. The Morgan fingerprint density at radius 3 is 1.56 bits per heavy atom. The Labute approximate surface area is 250 Å². The summed E-state index contributed by atoms with van der Waals surface area (Å²) >= 11 is 0. The highest BCUT2D eigenvalue weighted by atomic mass is 15.0. The SMILES string of the molecule is CC1(C)c2cccc3c2-c2c(cc(-c4nc(-c5ccccc5)nc(-c5ccccc5)n4)cc21)-c1cccc2cccc-3c12. The lowest BCUT2D eigenvalue weighted by Crippen LogP contribution is -2.15. The minimum Gasteiger partial charge on any atom is -0.208 e. The van der Waals surface area contributed by atoms with Crippen LogP contribution in [0.1, 0.15) is 25.0 Å². The fourth-order valence-electron chi connectivity index (χ4n) is 7.19. The Balaban J connectivity index is 1.38. The van der Waals surface area contributed by atoms with E-state index in [0.29, 0.717) is 17.5 Å². The number of fused-ring (bicyclic) bond motifs is 2. The third kappa shape index (κ3) is 3.45. The van der Waals surface area contributed by atoms with Gasteiger partial charge >= 0.3 is 0 Å². The van der Waals surface area contributed by atoms with E-state index in [2.05, 4.69) is 105 Å². The van der Waals surface area contributed by atoms with Crippen molar-refractivity contribution in [1.29, 1.82) is 0 Å². The molecule has 0 unspecified atom stereocenters. The van der Waals surface area contributed by atoms with Gasteiger partial charge in [-0.1, -0.05) is 129 Å². The smallest absolute Gasteiger partial charge is 0.164 e. The first-order valence-corrected chi connectivity index (χ1v) is 14.8. The monoisotopic (exact) mass is 549 g/mol. The minimum absolute atomic E-state index is 0.177. The molecular weight excluding hydrogens is 522 g/mol. The minimum atomic E-state index is -0.177. The summed E-state index contributed by atoms with van der Waals surface area (Å²) in [6.45, 7) is 4.70. The maximum Gasteiger partial charge on any atom is 0.164 e. The van der Waals surface area contributed by atoms with E-state index in [1.165, 1.54) is 55.3 Å². The van der Waals surface area contributed by atoms with E-state index >= 15 is 0 Å². The normalized spacial score (nSPS) is 13.5. The van der Waals surface area contributed by atoms with Crippen molar-refractivity contribution in [1.82, 2.24) is 15.0 Å². The number of benzene rings is 6. The van der Waals surface area contributed by atoms with Crippen molar-refractivity contribution in [2.24, 2.45) is 0 Å². The van der Waals surface area contributed by atoms with Crippen molar-refractivity contribution >= 4 is 10.8 Å². The van der Waals surface area contributed by atoms with Gasteiger partial charge in [0.25, 0.3) is 0 Å². The fraction of sp³-hybridized carbons (Fsp3) is 0.0750. The third-order valence-electron chi connectivity index (χ3n) is 9.24. The van der Waals surface area contributed by atoms with Crippen molar-refractivity contribution in [3.05, 3.63) is 139 Å². The molecule has 3 nitrogen and oxygen atoms in total. The molecule has 0 saturated carbocycles. The van der Waals surface area contributed by atoms with E-state index < -0.39 is 0 Å². The summed E-state index contributed by atoms with van der Waals surface area (Å²) in [6.07, 6.45) is 0. The summed E-state index contributed by atoms with van der Waals surface area (Å²) in [6, 6.07) is 45.2. The van der Waals surface area contributed by atoms with Gasteiger partial charge < -0.3 is 0 Å². The lowest BCUT2D eigenvalue weighted by Gasteiger charge is -2.23. The first kappa shape index (κ1) is 24.2. The van der Waals surface area contributed by atoms with Gasteiger partial charge in [-0.2, -0.15) is 0 Å². The number of rotatable bonds is 3. The fourth-order valence-corrected chi connectivity index (χ4v) is 7.19. The Morgan fingerprint density at radius 2 is 0.930 bits per heavy atom. The Morgan fingerprint density at radius 1 is 0.419 bits per heavy atom. The van der Waals surface area contributed by atoms with Crippen LogP contribution in [-0.4, -0.2) is 15.0 Å². The molecule has 2 aliphatic carbocycles. The molecule has 1 heterocycles. The molecule has 0 fully saturated rings. The third-order valence-corrected chi connectivity index (χ3v) is 9.24. The second-order valence-electron chi connectivity index (χ2n) is 12.0. The van der Waals surface area contributed by atoms with Gasteiger partial charge in [-0.15, -0.1) is 0 Å². The lowest BCUT2D eigenvalue weighted by atomic mass is 9.80. The standard InChI is InChI=1S/C40H27N3/c1-40(2)32-21-11-20-29-28-18-9-16-24-17-10-19-30(34(24)28)31-22-27(23-33(40)36(31)35(29)32)39-42-37(25-12-5-3-6-13-25)41-38(43-39)26-14-7-4-8-15-26/h3-23H,1-2H3. The van der Waals surface area contributed by atoms with Crippen LogP contribution in [0.5, 0.6) is 0 Å². The van der Waals surface area contributed by atoms with E-state index in [4.69, 9.17) is 15.0 Å². The topological polar surface area (TPSA) is 38.7 Å². The summed E-state index contributed by atoms with van der Waals surface area (Å²) in [5.41, 5.74) is 13.3. The largest absolute Gasteiger partial charge is 0.208 e. The first-order chi connectivity index (χ1) is 21.1. The van der Waals surface area contributed by atoms with Crippen molar-refractivity contribution in [3.8, 4) is 67.5 Å². The Bertz CT molecular complexity index is 2190. The molecule has 0 bridgehead atoms. The lowest BCUT2D eigenvalue weighted by molar-refractivity contribution is 0.660. The molecule has 3 heteroatoms. The van der Waals surface area contributed by atoms with Crippen molar-refractivity contribution < 1.29 is 0 Å². The zero-order chi connectivity index (χ0) is 28.7. The van der Waals surface area contributed by atoms with E-state index in [0.717, 1.165) is 16.7 Å². The van der Waals surface area contributed by atoms with Gasteiger partial charge in [0.2, 0.25) is 0 Å². The summed E-state index contributed by atoms with van der Waals surface area (Å²) in [4.78, 5) is 15.2. The summed E-state index contributed by atoms with van der Waals surface area (Å²) < 4.78 is 0. The van der Waals surface area contributed by atoms with Gasteiger partial charge in [0, 0.05) is 22.1 Å². The van der Waals surface area contributed by atoms with Crippen LogP contribution >= 0.6 is 0 Å². The molecule has 1 aromatic heterocycles. The average molecular weight is 550 g/mol. The molecule has 6 aromatic carbocycles. The number of hydrogen-bond donors (Lipinski definition) is 0. The molecule has 0 amide bonds. The molecule has 2 aliphatic rings. The first-order valence-electron chi connectivity index (χ1n) is 14.8. The molecule has 0 saturated heterocycles. The van der Waals surface area contributed by atoms with Crippen molar-refractivity contribution in [2.45, 2.75) is 19.3 Å². The zero-order valence-corrected chi connectivity index (χ0v) is 24.0. The number of aromatic nitrogens is 3. The van der Waals surface area contributed by atoms with E-state index in [1.54, 1.807) is 0 Å². The Kier molecular flexibility index (Phi) is 4.95. The molecule has 9 rings (SSSR count). The molecule has 202 valence electrons. The molecule has 43 heavy (non-hydrogen) atoms.